The van der Waals surface area contributed by atoms with Crippen molar-refractivity contribution in [1.29, 1.82) is 0 Å². The highest BCUT2D eigenvalue weighted by Crippen LogP contribution is 2.40. The summed E-state index contributed by atoms with van der Waals surface area (Å²) in [7, 11) is 0. The maximum Gasteiger partial charge on any atom is 0.406 e. The predicted molar refractivity (Wildman–Crippen MR) is 65.2 cm³/mol. The Kier molecular flexibility index (Phi) is 4.88. The molecule has 2 amide bonds. The van der Waals surface area contributed by atoms with Crippen molar-refractivity contribution in [3.05, 3.63) is 0 Å². The van der Waals surface area contributed by atoms with E-state index in [-0.39, 0.29) is 6.54 Å². The van der Waals surface area contributed by atoms with Crippen LogP contribution in [0.25, 0.3) is 0 Å². The van der Waals surface area contributed by atoms with E-state index in [9.17, 15) is 22.8 Å². The first-order valence-electron chi connectivity index (χ1n) is 6.42. The van der Waals surface area contributed by atoms with Gasteiger partial charge in [0.2, 0.25) is 0 Å². The molecule has 116 valence electrons. The van der Waals surface area contributed by atoms with Gasteiger partial charge < -0.3 is 15.3 Å². The summed E-state index contributed by atoms with van der Waals surface area (Å²) in [6.45, 7) is 1.46. The normalized spacial score (nSPS) is 17.5. The van der Waals surface area contributed by atoms with Gasteiger partial charge in [-0.3, -0.25) is 4.79 Å². The van der Waals surface area contributed by atoms with Crippen molar-refractivity contribution in [3.8, 4) is 0 Å². The molecule has 1 fully saturated rings. The number of nitrogens with zero attached hydrogens (tertiary/aromatic N) is 1. The fourth-order valence-electron chi connectivity index (χ4n) is 2.10. The maximum absolute atomic E-state index is 12.4. The number of carbonyl (C=O) groups is 2. The van der Waals surface area contributed by atoms with Crippen LogP contribution >= 0.6 is 0 Å². The molecule has 2 N–H and O–H groups in total. The molecule has 0 aromatic carbocycles. The van der Waals surface area contributed by atoms with Gasteiger partial charge in [-0.1, -0.05) is 6.42 Å². The Bertz CT molecular complexity index is 379. The van der Waals surface area contributed by atoms with Gasteiger partial charge in [0.15, 0.2) is 0 Å². The number of carboxylic acids is 1. The largest absolute Gasteiger partial charge is 0.481 e. The third-order valence-electron chi connectivity index (χ3n) is 3.58. The van der Waals surface area contributed by atoms with E-state index in [1.165, 1.54) is 13.8 Å². The van der Waals surface area contributed by atoms with Crippen molar-refractivity contribution in [2.75, 3.05) is 13.1 Å². The highest BCUT2D eigenvalue weighted by Gasteiger charge is 2.45. The molecule has 1 saturated carbocycles. The van der Waals surface area contributed by atoms with Gasteiger partial charge in [-0.2, -0.15) is 13.2 Å². The van der Waals surface area contributed by atoms with Crippen LogP contribution in [-0.2, 0) is 4.79 Å². The number of halogens is 3. The first kappa shape index (κ1) is 16.6. The summed E-state index contributed by atoms with van der Waals surface area (Å²) >= 11 is 0. The molecule has 0 aliphatic heterocycles. The number of urea groups is 1. The monoisotopic (exact) mass is 296 g/mol. The zero-order valence-corrected chi connectivity index (χ0v) is 11.5. The van der Waals surface area contributed by atoms with E-state index in [0.717, 1.165) is 6.42 Å². The molecular formula is C12H19F3N2O3. The number of carboxylic acid groups (broad SMARTS) is 1. The summed E-state index contributed by atoms with van der Waals surface area (Å²) < 4.78 is 37.2. The molecule has 0 bridgehead atoms. The standard InChI is InChI=1S/C12H19F3N2O3/c1-8(2)17(7-12(13,14)15)10(20)16-6-11(9(18)19)4-3-5-11/h8H,3-7H2,1-2H3,(H,16,20)(H,18,19). The number of hydrogen-bond acceptors (Lipinski definition) is 2. The minimum Gasteiger partial charge on any atom is -0.481 e. The Balaban J connectivity index is 2.61. The zero-order chi connectivity index (χ0) is 15.6. The van der Waals surface area contributed by atoms with Gasteiger partial charge in [-0.15, -0.1) is 0 Å². The SMILES string of the molecule is CC(C)N(CC(F)(F)F)C(=O)NCC1(C(=O)O)CCC1. The van der Waals surface area contributed by atoms with Crippen LogP contribution in [0.1, 0.15) is 33.1 Å². The molecule has 20 heavy (non-hydrogen) atoms. The molecule has 1 aliphatic rings. The van der Waals surface area contributed by atoms with Crippen LogP contribution in [-0.4, -0.2) is 47.3 Å². The van der Waals surface area contributed by atoms with Crippen LogP contribution in [0, 0.1) is 5.41 Å². The van der Waals surface area contributed by atoms with Gasteiger partial charge in [0, 0.05) is 12.6 Å². The minimum atomic E-state index is -4.48. The lowest BCUT2D eigenvalue weighted by molar-refractivity contribution is -0.154. The zero-order valence-electron chi connectivity index (χ0n) is 11.5. The Labute approximate surface area is 115 Å². The van der Waals surface area contributed by atoms with Crippen LogP contribution in [0.3, 0.4) is 0 Å². The molecule has 0 unspecified atom stereocenters. The molecular weight excluding hydrogens is 277 g/mol. The molecule has 0 atom stereocenters. The van der Waals surface area contributed by atoms with Crippen molar-refractivity contribution in [2.24, 2.45) is 5.41 Å². The fourth-order valence-corrected chi connectivity index (χ4v) is 2.10. The smallest absolute Gasteiger partial charge is 0.406 e. The molecule has 0 radical (unpaired) electrons. The number of alkyl halides is 3. The van der Waals surface area contributed by atoms with Crippen LogP contribution in [0.2, 0.25) is 0 Å². The van der Waals surface area contributed by atoms with Crippen molar-refractivity contribution >= 4 is 12.0 Å². The van der Waals surface area contributed by atoms with Gasteiger partial charge in [-0.05, 0) is 26.7 Å². The average molecular weight is 296 g/mol. The molecule has 0 heterocycles. The first-order valence-corrected chi connectivity index (χ1v) is 6.42. The molecule has 0 aromatic heterocycles. The maximum atomic E-state index is 12.4. The lowest BCUT2D eigenvalue weighted by Gasteiger charge is -2.38. The summed E-state index contributed by atoms with van der Waals surface area (Å²) in [5.41, 5.74) is -1.02. The lowest BCUT2D eigenvalue weighted by atomic mass is 9.69. The third kappa shape index (κ3) is 4.01. The van der Waals surface area contributed by atoms with Crippen molar-refractivity contribution in [2.45, 2.75) is 45.3 Å². The lowest BCUT2D eigenvalue weighted by Crippen LogP contribution is -2.53. The molecule has 5 nitrogen and oxygen atoms in total. The number of carbonyl (C=O) groups excluding carboxylic acids is 1. The molecule has 1 aliphatic carbocycles. The first-order chi connectivity index (χ1) is 9.07. The Morgan fingerprint density at radius 1 is 1.35 bits per heavy atom. The van der Waals surface area contributed by atoms with E-state index >= 15 is 0 Å². The molecule has 0 aromatic rings. The third-order valence-corrected chi connectivity index (χ3v) is 3.58. The highest BCUT2D eigenvalue weighted by molar-refractivity contribution is 5.79. The van der Waals surface area contributed by atoms with Gasteiger partial charge in [-0.25, -0.2) is 4.79 Å². The number of rotatable bonds is 5. The van der Waals surface area contributed by atoms with E-state index in [4.69, 9.17) is 5.11 Å². The summed E-state index contributed by atoms with van der Waals surface area (Å²) in [5, 5.41) is 11.4. The van der Waals surface area contributed by atoms with Gasteiger partial charge in [0.1, 0.15) is 6.54 Å². The van der Waals surface area contributed by atoms with Gasteiger partial charge >= 0.3 is 18.2 Å². The Morgan fingerprint density at radius 2 is 1.90 bits per heavy atom. The Morgan fingerprint density at radius 3 is 2.20 bits per heavy atom. The van der Waals surface area contributed by atoms with E-state index in [1.807, 2.05) is 0 Å². The predicted octanol–water partition coefficient (Wildman–Crippen LogP) is 2.22. The number of amides is 2. The number of nitrogens with one attached hydrogen (secondary N) is 1. The van der Waals surface area contributed by atoms with Crippen molar-refractivity contribution < 1.29 is 27.9 Å². The summed E-state index contributed by atoms with van der Waals surface area (Å²) in [4.78, 5) is 23.5. The van der Waals surface area contributed by atoms with Crippen LogP contribution in [0.4, 0.5) is 18.0 Å². The van der Waals surface area contributed by atoms with Crippen LogP contribution in [0.5, 0.6) is 0 Å². The van der Waals surface area contributed by atoms with Crippen LogP contribution in [0.15, 0.2) is 0 Å². The number of hydrogen-bond donors (Lipinski definition) is 2. The second-order valence-corrected chi connectivity index (χ2v) is 5.43. The topological polar surface area (TPSA) is 69.6 Å². The molecule has 0 saturated heterocycles. The summed E-state index contributed by atoms with van der Waals surface area (Å²) in [6, 6.07) is -1.51. The minimum absolute atomic E-state index is 0.137. The number of aliphatic carboxylic acids is 1. The van der Waals surface area contributed by atoms with Gasteiger partial charge in [0.25, 0.3) is 0 Å². The second-order valence-electron chi connectivity index (χ2n) is 5.43. The quantitative estimate of drug-likeness (QED) is 0.817. The summed E-state index contributed by atoms with van der Waals surface area (Å²) in [5.74, 6) is -1.02. The van der Waals surface area contributed by atoms with E-state index in [0.29, 0.717) is 17.7 Å². The average Bonchev–Trinajstić information content (AvgIpc) is 2.21. The van der Waals surface area contributed by atoms with Crippen molar-refractivity contribution in [1.82, 2.24) is 10.2 Å². The molecule has 8 heteroatoms. The second kappa shape index (κ2) is 5.88. The molecule has 1 rings (SSSR count). The van der Waals surface area contributed by atoms with Crippen molar-refractivity contribution in [3.63, 3.8) is 0 Å². The van der Waals surface area contributed by atoms with E-state index in [2.05, 4.69) is 5.32 Å². The summed E-state index contributed by atoms with van der Waals surface area (Å²) in [6.07, 6.45) is -2.87. The fraction of sp³-hybridized carbons (Fsp3) is 0.833. The van der Waals surface area contributed by atoms with Gasteiger partial charge in [0.05, 0.1) is 5.41 Å². The molecule has 0 spiro atoms. The van der Waals surface area contributed by atoms with E-state index < -0.39 is 36.2 Å². The van der Waals surface area contributed by atoms with E-state index in [1.54, 1.807) is 0 Å². The Hall–Kier alpha value is -1.47. The highest BCUT2D eigenvalue weighted by atomic mass is 19.4. The van der Waals surface area contributed by atoms with Crippen LogP contribution < -0.4 is 5.32 Å².